The Morgan fingerprint density at radius 2 is 1.33 bits per heavy atom. The molecule has 0 aliphatic heterocycles. The summed E-state index contributed by atoms with van der Waals surface area (Å²) in [7, 11) is 0. The number of hydrogen-bond acceptors (Lipinski definition) is 3. The van der Waals surface area contributed by atoms with E-state index in [1.807, 2.05) is 13.8 Å². The Morgan fingerprint density at radius 3 is 1.78 bits per heavy atom. The second-order valence-corrected chi connectivity index (χ2v) is 4.01. The first-order valence-corrected chi connectivity index (χ1v) is 7.14. The molecule has 0 saturated heterocycles. The van der Waals surface area contributed by atoms with Crippen LogP contribution < -0.4 is 5.32 Å². The van der Waals surface area contributed by atoms with Crippen LogP contribution in [0.4, 0.5) is 0 Å². The fraction of sp³-hybridized carbons (Fsp3) is 0.929. The molecule has 1 amide bonds. The summed E-state index contributed by atoms with van der Waals surface area (Å²) in [6, 6.07) is 0. The molecule has 4 nitrogen and oxygen atoms in total. The van der Waals surface area contributed by atoms with E-state index >= 15 is 0 Å². The topological polar surface area (TPSA) is 47.6 Å². The SMILES string of the molecule is CCCNC(=O)COCCC.CCCOCCC. The molecule has 0 rings (SSSR count). The number of ether oxygens (including phenoxy) is 2. The van der Waals surface area contributed by atoms with Gasteiger partial charge in [0.15, 0.2) is 0 Å². The molecule has 0 bridgehead atoms. The molecule has 0 heterocycles. The summed E-state index contributed by atoms with van der Waals surface area (Å²) in [5.41, 5.74) is 0. The summed E-state index contributed by atoms with van der Waals surface area (Å²) in [5.74, 6) is -0.0136. The molecule has 0 saturated carbocycles. The van der Waals surface area contributed by atoms with Gasteiger partial charge in [-0.1, -0.05) is 27.7 Å². The Morgan fingerprint density at radius 1 is 0.833 bits per heavy atom. The van der Waals surface area contributed by atoms with Crippen LogP contribution in [0.3, 0.4) is 0 Å². The van der Waals surface area contributed by atoms with Gasteiger partial charge in [-0.25, -0.2) is 0 Å². The highest BCUT2D eigenvalue weighted by atomic mass is 16.5. The lowest BCUT2D eigenvalue weighted by Gasteiger charge is -2.02. The van der Waals surface area contributed by atoms with Gasteiger partial charge in [0.05, 0.1) is 0 Å². The standard InChI is InChI=1S/C8H17NO2.C6H14O/c1-3-5-9-8(10)7-11-6-4-2;1-3-5-7-6-4-2/h3-7H2,1-2H3,(H,9,10);3-6H2,1-2H3. The summed E-state index contributed by atoms with van der Waals surface area (Å²) in [5, 5.41) is 2.73. The van der Waals surface area contributed by atoms with Crippen molar-refractivity contribution in [3.05, 3.63) is 0 Å². The quantitative estimate of drug-likeness (QED) is 0.615. The smallest absolute Gasteiger partial charge is 0.245 e. The number of amides is 1. The van der Waals surface area contributed by atoms with Crippen LogP contribution in [0, 0.1) is 0 Å². The lowest BCUT2D eigenvalue weighted by molar-refractivity contribution is -0.125. The molecule has 0 aliphatic carbocycles. The van der Waals surface area contributed by atoms with Crippen molar-refractivity contribution in [3.8, 4) is 0 Å². The van der Waals surface area contributed by atoms with Crippen molar-refractivity contribution in [2.24, 2.45) is 0 Å². The van der Waals surface area contributed by atoms with Gasteiger partial charge in [-0.15, -0.1) is 0 Å². The molecule has 0 aromatic rings. The molecule has 0 radical (unpaired) electrons. The largest absolute Gasteiger partial charge is 0.381 e. The minimum absolute atomic E-state index is 0.0136. The Hall–Kier alpha value is -0.610. The highest BCUT2D eigenvalue weighted by Gasteiger charge is 1.97. The van der Waals surface area contributed by atoms with Gasteiger partial charge in [-0.3, -0.25) is 4.79 Å². The van der Waals surface area contributed by atoms with Crippen LogP contribution in [0.1, 0.15) is 53.4 Å². The van der Waals surface area contributed by atoms with Crippen LogP contribution >= 0.6 is 0 Å². The van der Waals surface area contributed by atoms with Gasteiger partial charge in [-0.05, 0) is 25.7 Å². The minimum Gasteiger partial charge on any atom is -0.381 e. The number of hydrogen-bond donors (Lipinski definition) is 1. The zero-order valence-corrected chi connectivity index (χ0v) is 12.6. The van der Waals surface area contributed by atoms with Gasteiger partial charge in [0.25, 0.3) is 0 Å². The highest BCUT2D eigenvalue weighted by Crippen LogP contribution is 1.81. The number of nitrogens with one attached hydrogen (secondary N) is 1. The Labute approximate surface area is 112 Å². The third-order valence-electron chi connectivity index (χ3n) is 1.85. The van der Waals surface area contributed by atoms with Crippen LogP contribution in [-0.4, -0.2) is 38.9 Å². The van der Waals surface area contributed by atoms with Crippen LogP contribution in [-0.2, 0) is 14.3 Å². The molecular weight excluding hydrogens is 230 g/mol. The third kappa shape index (κ3) is 20.8. The second-order valence-electron chi connectivity index (χ2n) is 4.01. The first kappa shape index (κ1) is 19.7. The predicted molar refractivity (Wildman–Crippen MR) is 75.8 cm³/mol. The van der Waals surface area contributed by atoms with Crippen LogP contribution in [0.25, 0.3) is 0 Å². The van der Waals surface area contributed by atoms with Crippen molar-refractivity contribution in [2.75, 3.05) is 33.0 Å². The lowest BCUT2D eigenvalue weighted by atomic mass is 10.4. The van der Waals surface area contributed by atoms with E-state index in [1.54, 1.807) is 0 Å². The normalized spacial score (nSPS) is 9.56. The average Bonchev–Trinajstić information content (AvgIpc) is 2.38. The van der Waals surface area contributed by atoms with E-state index in [0.29, 0.717) is 6.61 Å². The maximum atomic E-state index is 10.8. The van der Waals surface area contributed by atoms with E-state index in [2.05, 4.69) is 19.2 Å². The Bertz CT molecular complexity index is 159. The minimum atomic E-state index is -0.0136. The van der Waals surface area contributed by atoms with E-state index in [0.717, 1.165) is 45.4 Å². The van der Waals surface area contributed by atoms with Gasteiger partial charge in [-0.2, -0.15) is 0 Å². The van der Waals surface area contributed by atoms with E-state index in [-0.39, 0.29) is 12.5 Å². The summed E-state index contributed by atoms with van der Waals surface area (Å²) in [4.78, 5) is 10.8. The van der Waals surface area contributed by atoms with E-state index in [1.165, 1.54) is 0 Å². The summed E-state index contributed by atoms with van der Waals surface area (Å²) in [6.07, 6.45) is 4.21. The van der Waals surface area contributed by atoms with Crippen molar-refractivity contribution in [1.82, 2.24) is 5.32 Å². The zero-order valence-electron chi connectivity index (χ0n) is 12.6. The molecule has 0 atom stereocenters. The molecule has 0 unspecified atom stereocenters. The highest BCUT2D eigenvalue weighted by molar-refractivity contribution is 5.77. The Kier molecular flexibility index (Phi) is 20.5. The van der Waals surface area contributed by atoms with Crippen molar-refractivity contribution in [2.45, 2.75) is 53.4 Å². The summed E-state index contributed by atoms with van der Waals surface area (Å²) >= 11 is 0. The maximum absolute atomic E-state index is 10.8. The fourth-order valence-electron chi connectivity index (χ4n) is 1.02. The summed E-state index contributed by atoms with van der Waals surface area (Å²) < 4.78 is 10.2. The van der Waals surface area contributed by atoms with Crippen LogP contribution in [0.5, 0.6) is 0 Å². The molecule has 0 spiro atoms. The molecule has 1 N–H and O–H groups in total. The molecular formula is C14H31NO3. The zero-order chi connectivity index (χ0) is 14.1. The van der Waals surface area contributed by atoms with Gasteiger partial charge in [0, 0.05) is 26.4 Å². The van der Waals surface area contributed by atoms with Crippen molar-refractivity contribution in [3.63, 3.8) is 0 Å². The van der Waals surface area contributed by atoms with Crippen molar-refractivity contribution >= 4 is 5.91 Å². The average molecular weight is 261 g/mol. The van der Waals surface area contributed by atoms with E-state index in [4.69, 9.17) is 9.47 Å². The fourth-order valence-corrected chi connectivity index (χ4v) is 1.02. The number of rotatable bonds is 10. The molecule has 0 aromatic heterocycles. The molecule has 0 aliphatic rings. The second kappa shape index (κ2) is 18.7. The molecule has 0 aromatic carbocycles. The van der Waals surface area contributed by atoms with Crippen LogP contribution in [0.2, 0.25) is 0 Å². The monoisotopic (exact) mass is 261 g/mol. The first-order chi connectivity index (χ1) is 8.72. The van der Waals surface area contributed by atoms with Crippen molar-refractivity contribution in [1.29, 1.82) is 0 Å². The third-order valence-corrected chi connectivity index (χ3v) is 1.85. The van der Waals surface area contributed by atoms with Gasteiger partial charge >= 0.3 is 0 Å². The van der Waals surface area contributed by atoms with Gasteiger partial charge in [0.2, 0.25) is 5.91 Å². The predicted octanol–water partition coefficient (Wildman–Crippen LogP) is 2.76. The van der Waals surface area contributed by atoms with Gasteiger partial charge < -0.3 is 14.8 Å². The first-order valence-electron chi connectivity index (χ1n) is 7.14. The van der Waals surface area contributed by atoms with Crippen LogP contribution in [0.15, 0.2) is 0 Å². The summed E-state index contributed by atoms with van der Waals surface area (Å²) in [6.45, 7) is 11.7. The van der Waals surface area contributed by atoms with Crippen molar-refractivity contribution < 1.29 is 14.3 Å². The molecule has 4 heteroatoms. The number of carbonyl (C=O) groups excluding carboxylic acids is 1. The van der Waals surface area contributed by atoms with E-state index < -0.39 is 0 Å². The van der Waals surface area contributed by atoms with Gasteiger partial charge in [0.1, 0.15) is 6.61 Å². The van der Waals surface area contributed by atoms with E-state index in [9.17, 15) is 4.79 Å². The Balaban J connectivity index is 0. The lowest BCUT2D eigenvalue weighted by Crippen LogP contribution is -2.28. The molecule has 110 valence electrons. The number of carbonyl (C=O) groups is 1. The maximum Gasteiger partial charge on any atom is 0.245 e. The molecule has 0 fully saturated rings. The molecule has 18 heavy (non-hydrogen) atoms.